The van der Waals surface area contributed by atoms with Crippen LogP contribution in [0.15, 0.2) is 52.4 Å². The van der Waals surface area contributed by atoms with Gasteiger partial charge in [-0.1, -0.05) is 55.3 Å². The molecule has 1 amide bonds. The van der Waals surface area contributed by atoms with Crippen molar-refractivity contribution in [1.82, 2.24) is 19.2 Å². The lowest BCUT2D eigenvalue weighted by Gasteiger charge is -2.11. The number of benzene rings is 2. The maximum atomic E-state index is 13.3. The van der Waals surface area contributed by atoms with Gasteiger partial charge in [-0.2, -0.15) is 0 Å². The topological polar surface area (TPSA) is 81.3 Å². The molecule has 0 spiro atoms. The van der Waals surface area contributed by atoms with Gasteiger partial charge in [0, 0.05) is 12.2 Å². The summed E-state index contributed by atoms with van der Waals surface area (Å²) >= 11 is 6.97. The minimum atomic E-state index is -0.550. The van der Waals surface area contributed by atoms with Crippen LogP contribution in [0, 0.1) is 5.82 Å². The molecule has 4 aromatic rings. The summed E-state index contributed by atoms with van der Waals surface area (Å²) in [4.78, 5) is 25.5. The van der Waals surface area contributed by atoms with Gasteiger partial charge < -0.3 is 5.32 Å². The third kappa shape index (κ3) is 4.49. The average Bonchev–Trinajstić information content (AvgIpc) is 3.21. The lowest BCUT2D eigenvalue weighted by molar-refractivity contribution is -0.113. The number of aromatic nitrogens is 4. The van der Waals surface area contributed by atoms with Crippen LogP contribution in [0.25, 0.3) is 16.7 Å². The molecule has 0 radical (unpaired) electrons. The van der Waals surface area contributed by atoms with E-state index in [1.165, 1.54) is 30.0 Å². The molecule has 7 nitrogen and oxygen atoms in total. The first-order chi connectivity index (χ1) is 15.5. The van der Waals surface area contributed by atoms with Crippen molar-refractivity contribution in [2.24, 2.45) is 0 Å². The number of halogens is 2. The number of thioether (sulfide) groups is 1. The Morgan fingerprint density at radius 1 is 1.19 bits per heavy atom. The van der Waals surface area contributed by atoms with Crippen molar-refractivity contribution in [3.8, 4) is 0 Å². The van der Waals surface area contributed by atoms with E-state index < -0.39 is 5.82 Å². The van der Waals surface area contributed by atoms with E-state index in [1.807, 2.05) is 22.6 Å². The van der Waals surface area contributed by atoms with E-state index in [1.54, 1.807) is 10.6 Å². The van der Waals surface area contributed by atoms with E-state index in [4.69, 9.17) is 11.6 Å². The van der Waals surface area contributed by atoms with Crippen molar-refractivity contribution in [3.05, 3.63) is 63.7 Å². The molecule has 0 saturated carbocycles. The molecule has 10 heteroatoms. The van der Waals surface area contributed by atoms with Crippen LogP contribution in [-0.4, -0.2) is 30.8 Å². The third-order valence-electron chi connectivity index (χ3n) is 5.00. The van der Waals surface area contributed by atoms with E-state index in [0.717, 1.165) is 19.3 Å². The SMILES string of the molecule is CCCCCn1c(=O)c2ccccc2n2c(SCC(=O)Nc3ccc(F)c(Cl)c3)nnc12. The maximum absolute atomic E-state index is 13.3. The molecular formula is C22H21ClFN5O2S. The van der Waals surface area contributed by atoms with Crippen LogP contribution >= 0.6 is 23.4 Å². The third-order valence-corrected chi connectivity index (χ3v) is 6.22. The Bertz CT molecular complexity index is 1350. The molecule has 0 saturated heterocycles. The minimum Gasteiger partial charge on any atom is -0.325 e. The summed E-state index contributed by atoms with van der Waals surface area (Å²) in [6.45, 7) is 2.66. The number of nitrogens with zero attached hydrogens (tertiary/aromatic N) is 4. The van der Waals surface area contributed by atoms with Crippen molar-refractivity contribution in [2.45, 2.75) is 37.9 Å². The normalized spacial score (nSPS) is 11.3. The Balaban J connectivity index is 1.62. The summed E-state index contributed by atoms with van der Waals surface area (Å²) in [5.74, 6) is -0.335. The number of para-hydroxylation sites is 1. The minimum absolute atomic E-state index is 0.0546. The van der Waals surface area contributed by atoms with Gasteiger partial charge in [-0.25, -0.2) is 4.39 Å². The second kappa shape index (κ2) is 9.70. The van der Waals surface area contributed by atoms with Crippen LogP contribution in [0.5, 0.6) is 0 Å². The van der Waals surface area contributed by atoms with Crippen molar-refractivity contribution in [1.29, 1.82) is 0 Å². The van der Waals surface area contributed by atoms with Gasteiger partial charge in [0.2, 0.25) is 11.7 Å². The van der Waals surface area contributed by atoms with E-state index in [9.17, 15) is 14.0 Å². The first-order valence-corrected chi connectivity index (χ1v) is 11.6. The zero-order chi connectivity index (χ0) is 22.7. The van der Waals surface area contributed by atoms with Gasteiger partial charge in [0.05, 0.1) is 21.7 Å². The fourth-order valence-electron chi connectivity index (χ4n) is 3.45. The number of fused-ring (bicyclic) bond motifs is 3. The Labute approximate surface area is 192 Å². The van der Waals surface area contributed by atoms with Gasteiger partial charge in [0.1, 0.15) is 5.82 Å². The Kier molecular flexibility index (Phi) is 6.76. The number of amides is 1. The standard InChI is InChI=1S/C22H21ClFN5O2S/c1-2-3-6-11-28-20(31)15-7-4-5-8-18(15)29-21(28)26-27-22(29)32-13-19(30)25-14-9-10-17(24)16(23)12-14/h4-5,7-10,12H,2-3,6,11,13H2,1H3,(H,25,30). The lowest BCUT2D eigenvalue weighted by Crippen LogP contribution is -2.23. The summed E-state index contributed by atoms with van der Waals surface area (Å²) in [5.41, 5.74) is 1.000. The summed E-state index contributed by atoms with van der Waals surface area (Å²) in [6.07, 6.45) is 2.91. The molecule has 4 rings (SSSR count). The molecule has 0 fully saturated rings. The molecular weight excluding hydrogens is 453 g/mol. The molecule has 32 heavy (non-hydrogen) atoms. The molecule has 0 aliphatic heterocycles. The maximum Gasteiger partial charge on any atom is 0.262 e. The number of hydrogen-bond acceptors (Lipinski definition) is 5. The van der Waals surface area contributed by atoms with Gasteiger partial charge in [-0.15, -0.1) is 10.2 Å². The van der Waals surface area contributed by atoms with Gasteiger partial charge >= 0.3 is 0 Å². The fraction of sp³-hybridized carbons (Fsp3) is 0.273. The first-order valence-electron chi connectivity index (χ1n) is 10.2. The fourth-order valence-corrected chi connectivity index (χ4v) is 4.37. The summed E-state index contributed by atoms with van der Waals surface area (Å²) in [6, 6.07) is 11.3. The highest BCUT2D eigenvalue weighted by Gasteiger charge is 2.17. The monoisotopic (exact) mass is 473 g/mol. The van der Waals surface area contributed by atoms with Gasteiger partial charge in [0.15, 0.2) is 5.16 Å². The van der Waals surface area contributed by atoms with E-state index in [-0.39, 0.29) is 22.2 Å². The smallest absolute Gasteiger partial charge is 0.262 e. The second-order valence-corrected chi connectivity index (χ2v) is 8.61. The highest BCUT2D eigenvalue weighted by atomic mass is 35.5. The molecule has 0 aliphatic carbocycles. The van der Waals surface area contributed by atoms with Crippen LogP contribution < -0.4 is 10.9 Å². The van der Waals surface area contributed by atoms with Crippen LogP contribution in [0.3, 0.4) is 0 Å². The molecule has 1 N–H and O–H groups in total. The molecule has 0 atom stereocenters. The molecule has 0 bridgehead atoms. The number of rotatable bonds is 8. The molecule has 0 aliphatic rings. The highest BCUT2D eigenvalue weighted by molar-refractivity contribution is 7.99. The van der Waals surface area contributed by atoms with E-state index in [0.29, 0.717) is 34.1 Å². The summed E-state index contributed by atoms with van der Waals surface area (Å²) in [7, 11) is 0. The Morgan fingerprint density at radius 3 is 2.78 bits per heavy atom. The molecule has 2 aromatic carbocycles. The second-order valence-electron chi connectivity index (χ2n) is 7.26. The molecule has 2 heterocycles. The number of aryl methyl sites for hydroxylation is 1. The molecule has 166 valence electrons. The van der Waals surface area contributed by atoms with Crippen molar-refractivity contribution < 1.29 is 9.18 Å². The Hall–Kier alpha value is -2.91. The van der Waals surface area contributed by atoms with Crippen molar-refractivity contribution >= 4 is 51.6 Å². The predicted octanol–water partition coefficient (Wildman–Crippen LogP) is 4.76. The van der Waals surface area contributed by atoms with Crippen LogP contribution in [0.2, 0.25) is 5.02 Å². The predicted molar refractivity (Wildman–Crippen MR) is 125 cm³/mol. The van der Waals surface area contributed by atoms with Crippen molar-refractivity contribution in [2.75, 3.05) is 11.1 Å². The van der Waals surface area contributed by atoms with E-state index >= 15 is 0 Å². The quantitative estimate of drug-likeness (QED) is 0.295. The summed E-state index contributed by atoms with van der Waals surface area (Å²) in [5, 5.41) is 12.2. The van der Waals surface area contributed by atoms with Gasteiger partial charge in [0.25, 0.3) is 5.56 Å². The van der Waals surface area contributed by atoms with Crippen LogP contribution in [0.4, 0.5) is 10.1 Å². The zero-order valence-corrected chi connectivity index (χ0v) is 18.9. The van der Waals surface area contributed by atoms with Gasteiger partial charge in [-0.3, -0.25) is 18.6 Å². The number of carbonyl (C=O) groups is 1. The number of nitrogens with one attached hydrogen (secondary N) is 1. The number of unbranched alkanes of at least 4 members (excludes halogenated alkanes) is 2. The number of carbonyl (C=O) groups excluding carboxylic acids is 1. The van der Waals surface area contributed by atoms with E-state index in [2.05, 4.69) is 22.4 Å². The highest BCUT2D eigenvalue weighted by Crippen LogP contribution is 2.23. The molecule has 0 unspecified atom stereocenters. The number of hydrogen-bond donors (Lipinski definition) is 1. The largest absolute Gasteiger partial charge is 0.325 e. The lowest BCUT2D eigenvalue weighted by atomic mass is 10.2. The average molecular weight is 474 g/mol. The Morgan fingerprint density at radius 2 is 2.00 bits per heavy atom. The van der Waals surface area contributed by atoms with Crippen LogP contribution in [-0.2, 0) is 11.3 Å². The molecule has 2 aromatic heterocycles. The van der Waals surface area contributed by atoms with Crippen LogP contribution in [0.1, 0.15) is 26.2 Å². The number of anilines is 1. The first kappa shape index (κ1) is 22.3. The van der Waals surface area contributed by atoms with Gasteiger partial charge in [-0.05, 0) is 36.8 Å². The van der Waals surface area contributed by atoms with Crippen molar-refractivity contribution in [3.63, 3.8) is 0 Å². The summed E-state index contributed by atoms with van der Waals surface area (Å²) < 4.78 is 16.8. The zero-order valence-electron chi connectivity index (χ0n) is 17.3.